The van der Waals surface area contributed by atoms with Crippen molar-refractivity contribution in [3.05, 3.63) is 34.9 Å². The molecular weight excluding hydrogens is 454 g/mol. The van der Waals surface area contributed by atoms with Crippen LogP contribution >= 0.6 is 0 Å². The van der Waals surface area contributed by atoms with Gasteiger partial charge in [-0.25, -0.2) is 0 Å². The van der Waals surface area contributed by atoms with Crippen LogP contribution in [-0.4, -0.2) is 31.1 Å². The molecule has 37 heavy (non-hydrogen) atoms. The van der Waals surface area contributed by atoms with Gasteiger partial charge in [0.05, 0.1) is 0 Å². The largest absolute Gasteiger partial charge is 0.385 e. The van der Waals surface area contributed by atoms with Gasteiger partial charge in [0.1, 0.15) is 0 Å². The molecule has 0 bridgehead atoms. The van der Waals surface area contributed by atoms with E-state index in [4.69, 9.17) is 4.74 Å². The third-order valence-corrected chi connectivity index (χ3v) is 8.14. The first-order valence-corrected chi connectivity index (χ1v) is 16.2. The van der Waals surface area contributed by atoms with Crippen molar-refractivity contribution < 1.29 is 9.53 Å². The van der Waals surface area contributed by atoms with Crippen molar-refractivity contribution in [1.82, 2.24) is 4.90 Å². The van der Waals surface area contributed by atoms with Gasteiger partial charge in [-0.05, 0) is 36.5 Å². The summed E-state index contributed by atoms with van der Waals surface area (Å²) in [5.41, 5.74) is 3.46. The number of benzene rings is 1. The topological polar surface area (TPSA) is 29.5 Å². The first-order valence-electron chi connectivity index (χ1n) is 16.2. The zero-order chi connectivity index (χ0) is 26.4. The van der Waals surface area contributed by atoms with Crippen LogP contribution < -0.4 is 0 Å². The van der Waals surface area contributed by atoms with Crippen LogP contribution in [0.2, 0.25) is 0 Å². The number of fused-ring (bicyclic) bond motifs is 1. The molecule has 0 aromatic heterocycles. The van der Waals surface area contributed by atoms with Crippen LogP contribution in [0.3, 0.4) is 0 Å². The van der Waals surface area contributed by atoms with E-state index in [2.05, 4.69) is 24.0 Å². The van der Waals surface area contributed by atoms with E-state index < -0.39 is 0 Å². The minimum atomic E-state index is 0.233. The summed E-state index contributed by atoms with van der Waals surface area (Å²) in [7, 11) is 1.75. The van der Waals surface area contributed by atoms with Crippen LogP contribution in [0.5, 0.6) is 0 Å². The zero-order valence-electron chi connectivity index (χ0n) is 24.7. The highest BCUT2D eigenvalue weighted by molar-refractivity contribution is 5.98. The van der Waals surface area contributed by atoms with Gasteiger partial charge in [0.25, 0.3) is 5.91 Å². The van der Waals surface area contributed by atoms with Crippen molar-refractivity contribution in [2.45, 2.75) is 155 Å². The Labute approximate surface area is 230 Å². The lowest BCUT2D eigenvalue weighted by molar-refractivity contribution is 0.0775. The molecule has 0 spiro atoms. The van der Waals surface area contributed by atoms with Crippen molar-refractivity contribution in [2.24, 2.45) is 0 Å². The Morgan fingerprint density at radius 2 is 1.16 bits per heavy atom. The second-order valence-electron chi connectivity index (χ2n) is 11.5. The van der Waals surface area contributed by atoms with E-state index in [1.807, 2.05) is 6.07 Å². The van der Waals surface area contributed by atoms with Crippen molar-refractivity contribution in [2.75, 3.05) is 20.3 Å². The molecule has 0 N–H and O–H groups in total. The summed E-state index contributed by atoms with van der Waals surface area (Å²) in [5, 5.41) is 0. The molecule has 0 unspecified atom stereocenters. The van der Waals surface area contributed by atoms with E-state index in [1.165, 1.54) is 133 Å². The molecule has 2 rings (SSSR count). The number of carbonyl (C=O) groups is 1. The van der Waals surface area contributed by atoms with Gasteiger partial charge in [0.15, 0.2) is 0 Å². The van der Waals surface area contributed by atoms with Gasteiger partial charge in [-0.2, -0.15) is 0 Å². The molecule has 0 saturated carbocycles. The molecule has 1 aliphatic heterocycles. The van der Waals surface area contributed by atoms with E-state index in [9.17, 15) is 4.79 Å². The number of carbonyl (C=O) groups excluding carboxylic acids is 1. The van der Waals surface area contributed by atoms with E-state index in [0.717, 1.165) is 44.5 Å². The molecule has 3 nitrogen and oxygen atoms in total. The number of ether oxygens (including phenoxy) is 1. The van der Waals surface area contributed by atoms with Crippen LogP contribution in [0.1, 0.15) is 163 Å². The molecule has 1 heterocycles. The Balaban J connectivity index is 1.34. The first-order chi connectivity index (χ1) is 18.3. The molecule has 212 valence electrons. The van der Waals surface area contributed by atoms with Gasteiger partial charge in [0, 0.05) is 32.4 Å². The second kappa shape index (κ2) is 21.6. The zero-order valence-corrected chi connectivity index (χ0v) is 24.7. The van der Waals surface area contributed by atoms with Gasteiger partial charge < -0.3 is 9.64 Å². The third-order valence-electron chi connectivity index (χ3n) is 8.14. The fourth-order valence-corrected chi connectivity index (χ4v) is 5.75. The average molecular weight is 514 g/mol. The summed E-state index contributed by atoms with van der Waals surface area (Å²) in [6.45, 7) is 4.79. The molecule has 0 aliphatic carbocycles. The summed E-state index contributed by atoms with van der Waals surface area (Å²) < 4.78 is 5.16. The summed E-state index contributed by atoms with van der Waals surface area (Å²) in [4.78, 5) is 14.8. The Bertz CT molecular complexity index is 701. The number of nitrogens with zero attached hydrogens (tertiary/aromatic N) is 1. The summed E-state index contributed by atoms with van der Waals surface area (Å²) in [6, 6.07) is 6.39. The standard InChI is InChI=1S/C34H59NO2/c1-3-4-5-6-7-8-9-10-11-12-13-14-15-16-17-18-19-20-21-22-27-35-30-32-29-31(24-23-28-37-2)25-26-33(32)34(35)36/h25-26,29H,3-24,27-28,30H2,1-2H3. The summed E-state index contributed by atoms with van der Waals surface area (Å²) >= 11 is 0. The lowest BCUT2D eigenvalue weighted by Crippen LogP contribution is -2.24. The first kappa shape index (κ1) is 31.9. The quantitative estimate of drug-likeness (QED) is 0.122. The molecule has 0 fully saturated rings. The van der Waals surface area contributed by atoms with Crippen molar-refractivity contribution in [1.29, 1.82) is 0 Å². The molecule has 0 radical (unpaired) electrons. The van der Waals surface area contributed by atoms with E-state index in [-0.39, 0.29) is 5.91 Å². The predicted octanol–water partition coefficient (Wildman–Crippen LogP) is 10.0. The molecule has 3 heteroatoms. The maximum absolute atomic E-state index is 12.7. The molecule has 1 amide bonds. The number of hydrogen-bond donors (Lipinski definition) is 0. The van der Waals surface area contributed by atoms with Crippen LogP contribution in [-0.2, 0) is 17.7 Å². The smallest absolute Gasteiger partial charge is 0.254 e. The van der Waals surface area contributed by atoms with Gasteiger partial charge in [-0.15, -0.1) is 0 Å². The summed E-state index contributed by atoms with van der Waals surface area (Å²) in [6.07, 6.45) is 30.1. The molecule has 0 saturated heterocycles. The monoisotopic (exact) mass is 513 g/mol. The van der Waals surface area contributed by atoms with Crippen LogP contribution in [0.4, 0.5) is 0 Å². The molecule has 0 atom stereocenters. The fraction of sp³-hybridized carbons (Fsp3) is 0.794. The highest BCUT2D eigenvalue weighted by Gasteiger charge is 2.26. The third kappa shape index (κ3) is 14.4. The van der Waals surface area contributed by atoms with E-state index in [0.29, 0.717) is 0 Å². The second-order valence-corrected chi connectivity index (χ2v) is 11.5. The lowest BCUT2D eigenvalue weighted by atomic mass is 10.0. The van der Waals surface area contributed by atoms with E-state index >= 15 is 0 Å². The SMILES string of the molecule is CCCCCCCCCCCCCCCCCCCCCCN1Cc2cc(CCCOC)ccc2C1=O. The van der Waals surface area contributed by atoms with Crippen molar-refractivity contribution in [3.8, 4) is 0 Å². The normalized spacial score (nSPS) is 13.0. The molecule has 1 aliphatic rings. The Morgan fingerprint density at radius 3 is 1.65 bits per heavy atom. The number of unbranched alkanes of at least 4 members (excludes halogenated alkanes) is 19. The van der Waals surface area contributed by atoms with Crippen LogP contribution in [0.25, 0.3) is 0 Å². The predicted molar refractivity (Wildman–Crippen MR) is 159 cm³/mol. The van der Waals surface area contributed by atoms with Crippen LogP contribution in [0, 0.1) is 0 Å². The van der Waals surface area contributed by atoms with Gasteiger partial charge in [-0.1, -0.05) is 141 Å². The van der Waals surface area contributed by atoms with Gasteiger partial charge in [-0.3, -0.25) is 4.79 Å². The highest BCUT2D eigenvalue weighted by atomic mass is 16.5. The average Bonchev–Trinajstić information content (AvgIpc) is 3.22. The van der Waals surface area contributed by atoms with E-state index in [1.54, 1.807) is 7.11 Å². The number of aryl methyl sites for hydroxylation is 1. The van der Waals surface area contributed by atoms with Crippen LogP contribution in [0.15, 0.2) is 18.2 Å². The number of methoxy groups -OCH3 is 1. The number of amides is 1. The molecular formula is C34H59NO2. The minimum absolute atomic E-state index is 0.233. The van der Waals surface area contributed by atoms with Gasteiger partial charge in [0.2, 0.25) is 0 Å². The number of rotatable bonds is 25. The molecule has 1 aromatic rings. The highest BCUT2D eigenvalue weighted by Crippen LogP contribution is 2.25. The Hall–Kier alpha value is -1.35. The Morgan fingerprint density at radius 1 is 0.676 bits per heavy atom. The lowest BCUT2D eigenvalue weighted by Gasteiger charge is -2.15. The summed E-state index contributed by atoms with van der Waals surface area (Å²) in [5.74, 6) is 0.233. The molecule has 1 aromatic carbocycles. The number of hydrogen-bond acceptors (Lipinski definition) is 2. The fourth-order valence-electron chi connectivity index (χ4n) is 5.75. The minimum Gasteiger partial charge on any atom is -0.385 e. The van der Waals surface area contributed by atoms with Crippen molar-refractivity contribution >= 4 is 5.91 Å². The maximum Gasteiger partial charge on any atom is 0.254 e. The van der Waals surface area contributed by atoms with Gasteiger partial charge >= 0.3 is 0 Å². The Kier molecular flexibility index (Phi) is 18.6. The maximum atomic E-state index is 12.7. The van der Waals surface area contributed by atoms with Crippen molar-refractivity contribution in [3.63, 3.8) is 0 Å².